The molecule has 27 heavy (non-hydrogen) atoms. The van der Waals surface area contributed by atoms with Crippen molar-refractivity contribution in [1.29, 1.82) is 0 Å². The SMILES string of the molecule is CCCCCCCCCCCCCCCCCC(CCC)c1ccccc1. The van der Waals surface area contributed by atoms with E-state index in [2.05, 4.69) is 44.2 Å². The zero-order chi connectivity index (χ0) is 19.4. The van der Waals surface area contributed by atoms with Crippen LogP contribution in [0.3, 0.4) is 0 Å². The second-order valence-electron chi connectivity index (χ2n) is 8.63. The zero-order valence-corrected chi connectivity index (χ0v) is 18.7. The molecule has 0 fully saturated rings. The standard InChI is InChI=1S/C27H48/c1-3-5-6-7-8-9-10-11-12-13-14-15-16-17-19-23-26(22-4-2)27-24-20-18-21-25-27/h18,20-21,24-26H,3-17,19,22-23H2,1-2H3. The Labute approximate surface area is 171 Å². The highest BCUT2D eigenvalue weighted by atomic mass is 14.1. The molecule has 0 aliphatic rings. The number of hydrogen-bond donors (Lipinski definition) is 0. The second kappa shape index (κ2) is 18.6. The molecular formula is C27H48. The van der Waals surface area contributed by atoms with Crippen LogP contribution in [0.5, 0.6) is 0 Å². The van der Waals surface area contributed by atoms with E-state index in [1.54, 1.807) is 5.56 Å². The maximum atomic E-state index is 2.32. The molecule has 0 amide bonds. The Bertz CT molecular complexity index is 394. The van der Waals surface area contributed by atoms with E-state index in [-0.39, 0.29) is 0 Å². The molecule has 0 bridgehead atoms. The first-order chi connectivity index (χ1) is 13.4. The summed E-state index contributed by atoms with van der Waals surface area (Å²) in [6.07, 6.45) is 25.8. The lowest BCUT2D eigenvalue weighted by atomic mass is 9.89. The van der Waals surface area contributed by atoms with Gasteiger partial charge in [0.1, 0.15) is 0 Å². The first-order valence-corrected chi connectivity index (χ1v) is 12.4. The molecule has 0 saturated carbocycles. The summed E-state index contributed by atoms with van der Waals surface area (Å²) in [5, 5.41) is 0. The van der Waals surface area contributed by atoms with Crippen molar-refractivity contribution in [2.24, 2.45) is 0 Å². The van der Waals surface area contributed by atoms with Crippen LogP contribution in [0.1, 0.15) is 141 Å². The van der Waals surface area contributed by atoms with Crippen LogP contribution in [0.4, 0.5) is 0 Å². The lowest BCUT2D eigenvalue weighted by molar-refractivity contribution is 0.502. The van der Waals surface area contributed by atoms with Crippen molar-refractivity contribution in [2.45, 2.75) is 135 Å². The van der Waals surface area contributed by atoms with Gasteiger partial charge in [0.25, 0.3) is 0 Å². The van der Waals surface area contributed by atoms with Crippen LogP contribution in [0.2, 0.25) is 0 Å². The van der Waals surface area contributed by atoms with Crippen LogP contribution in [-0.2, 0) is 0 Å². The maximum Gasteiger partial charge on any atom is -0.0162 e. The summed E-state index contributed by atoms with van der Waals surface area (Å²) in [5.74, 6) is 0.790. The minimum atomic E-state index is 0.790. The van der Waals surface area contributed by atoms with Crippen LogP contribution in [0, 0.1) is 0 Å². The predicted octanol–water partition coefficient (Wildman–Crippen LogP) is 9.83. The molecule has 0 aliphatic heterocycles. The fourth-order valence-corrected chi connectivity index (χ4v) is 4.31. The zero-order valence-electron chi connectivity index (χ0n) is 18.7. The Kier molecular flexibility index (Phi) is 16.7. The Balaban J connectivity index is 1.88. The summed E-state index contributed by atoms with van der Waals surface area (Å²) >= 11 is 0. The maximum absolute atomic E-state index is 2.32. The van der Waals surface area contributed by atoms with E-state index in [9.17, 15) is 0 Å². The van der Waals surface area contributed by atoms with Gasteiger partial charge in [0.2, 0.25) is 0 Å². The quantitative estimate of drug-likeness (QED) is 0.212. The monoisotopic (exact) mass is 372 g/mol. The molecule has 0 heteroatoms. The Morgan fingerprint density at radius 2 is 0.926 bits per heavy atom. The minimum Gasteiger partial charge on any atom is -0.0654 e. The number of hydrogen-bond acceptors (Lipinski definition) is 0. The van der Waals surface area contributed by atoms with Crippen molar-refractivity contribution in [1.82, 2.24) is 0 Å². The molecule has 1 unspecified atom stereocenters. The third-order valence-corrected chi connectivity index (χ3v) is 6.06. The summed E-state index contributed by atoms with van der Waals surface area (Å²) in [4.78, 5) is 0. The van der Waals surface area contributed by atoms with Gasteiger partial charge in [-0.15, -0.1) is 0 Å². The molecule has 0 saturated heterocycles. The van der Waals surface area contributed by atoms with Crippen LogP contribution in [0.25, 0.3) is 0 Å². The van der Waals surface area contributed by atoms with Crippen molar-refractivity contribution in [3.05, 3.63) is 35.9 Å². The first kappa shape index (κ1) is 24.3. The van der Waals surface area contributed by atoms with Gasteiger partial charge in [-0.05, 0) is 24.3 Å². The predicted molar refractivity (Wildman–Crippen MR) is 124 cm³/mol. The van der Waals surface area contributed by atoms with E-state index < -0.39 is 0 Å². The van der Waals surface area contributed by atoms with Crippen molar-refractivity contribution in [3.8, 4) is 0 Å². The lowest BCUT2D eigenvalue weighted by Gasteiger charge is -2.16. The van der Waals surface area contributed by atoms with Gasteiger partial charge >= 0.3 is 0 Å². The Morgan fingerprint density at radius 1 is 0.481 bits per heavy atom. The van der Waals surface area contributed by atoms with Gasteiger partial charge in [0.15, 0.2) is 0 Å². The van der Waals surface area contributed by atoms with E-state index in [0.717, 1.165) is 5.92 Å². The van der Waals surface area contributed by atoms with Crippen LogP contribution >= 0.6 is 0 Å². The largest absolute Gasteiger partial charge is 0.0654 e. The van der Waals surface area contributed by atoms with Gasteiger partial charge in [0.05, 0.1) is 0 Å². The molecule has 0 N–H and O–H groups in total. The molecule has 156 valence electrons. The van der Waals surface area contributed by atoms with Gasteiger partial charge in [-0.25, -0.2) is 0 Å². The third-order valence-electron chi connectivity index (χ3n) is 6.06. The molecule has 0 nitrogen and oxygen atoms in total. The first-order valence-electron chi connectivity index (χ1n) is 12.4. The van der Waals surface area contributed by atoms with Gasteiger partial charge in [-0.3, -0.25) is 0 Å². The summed E-state index contributed by atoms with van der Waals surface area (Å²) in [5.41, 5.74) is 1.56. The van der Waals surface area contributed by atoms with Crippen LogP contribution in [-0.4, -0.2) is 0 Å². The second-order valence-corrected chi connectivity index (χ2v) is 8.63. The van der Waals surface area contributed by atoms with Gasteiger partial charge in [0, 0.05) is 0 Å². The van der Waals surface area contributed by atoms with E-state index in [0.29, 0.717) is 0 Å². The van der Waals surface area contributed by atoms with Crippen molar-refractivity contribution >= 4 is 0 Å². The molecular weight excluding hydrogens is 324 g/mol. The summed E-state index contributed by atoms with van der Waals surface area (Å²) in [6.45, 7) is 4.62. The van der Waals surface area contributed by atoms with E-state index in [1.165, 1.54) is 116 Å². The molecule has 0 aliphatic carbocycles. The highest BCUT2D eigenvalue weighted by molar-refractivity contribution is 5.19. The minimum absolute atomic E-state index is 0.790. The fraction of sp³-hybridized carbons (Fsp3) is 0.778. The van der Waals surface area contributed by atoms with Crippen molar-refractivity contribution < 1.29 is 0 Å². The average Bonchev–Trinajstić information content (AvgIpc) is 2.70. The van der Waals surface area contributed by atoms with Gasteiger partial charge in [-0.1, -0.05) is 147 Å². The summed E-state index contributed by atoms with van der Waals surface area (Å²) < 4.78 is 0. The summed E-state index contributed by atoms with van der Waals surface area (Å²) in [7, 11) is 0. The number of benzene rings is 1. The Morgan fingerprint density at radius 3 is 1.37 bits per heavy atom. The normalized spacial score (nSPS) is 12.4. The number of rotatable bonds is 19. The van der Waals surface area contributed by atoms with Crippen LogP contribution < -0.4 is 0 Å². The van der Waals surface area contributed by atoms with Crippen molar-refractivity contribution in [3.63, 3.8) is 0 Å². The summed E-state index contributed by atoms with van der Waals surface area (Å²) in [6, 6.07) is 11.2. The van der Waals surface area contributed by atoms with E-state index >= 15 is 0 Å². The molecule has 0 radical (unpaired) electrons. The topological polar surface area (TPSA) is 0 Å². The lowest BCUT2D eigenvalue weighted by Crippen LogP contribution is -1.98. The molecule has 1 aromatic carbocycles. The van der Waals surface area contributed by atoms with Crippen LogP contribution in [0.15, 0.2) is 30.3 Å². The molecule has 1 rings (SSSR count). The molecule has 1 atom stereocenters. The van der Waals surface area contributed by atoms with Gasteiger partial charge < -0.3 is 0 Å². The number of unbranched alkanes of at least 4 members (excludes halogenated alkanes) is 14. The smallest absolute Gasteiger partial charge is 0.0162 e. The molecule has 0 aromatic heterocycles. The van der Waals surface area contributed by atoms with Crippen molar-refractivity contribution in [2.75, 3.05) is 0 Å². The molecule has 0 heterocycles. The highest BCUT2D eigenvalue weighted by Crippen LogP contribution is 2.27. The van der Waals surface area contributed by atoms with Gasteiger partial charge in [-0.2, -0.15) is 0 Å². The average molecular weight is 373 g/mol. The van der Waals surface area contributed by atoms with E-state index in [4.69, 9.17) is 0 Å². The van der Waals surface area contributed by atoms with E-state index in [1.807, 2.05) is 0 Å². The fourth-order valence-electron chi connectivity index (χ4n) is 4.31. The molecule has 1 aromatic rings. The molecule has 0 spiro atoms. The highest BCUT2D eigenvalue weighted by Gasteiger charge is 2.09. The Hall–Kier alpha value is -0.780. The third kappa shape index (κ3) is 14.0.